The Morgan fingerprint density at radius 1 is 1.20 bits per heavy atom. The highest BCUT2D eigenvalue weighted by Gasteiger charge is 2.29. The molecule has 0 saturated carbocycles. The average molecular weight is 359 g/mol. The highest BCUT2D eigenvalue weighted by atomic mass is 32.2. The Labute approximate surface area is 147 Å². The summed E-state index contributed by atoms with van der Waals surface area (Å²) in [5.41, 5.74) is 3.20. The number of nitrogens with zero attached hydrogens (tertiary/aromatic N) is 1. The van der Waals surface area contributed by atoms with Gasteiger partial charge in [0.15, 0.2) is 9.84 Å². The first kappa shape index (κ1) is 17.4. The Morgan fingerprint density at radius 2 is 1.96 bits per heavy atom. The summed E-state index contributed by atoms with van der Waals surface area (Å²) in [6.07, 6.45) is 3.00. The summed E-state index contributed by atoms with van der Waals surface area (Å²) >= 11 is 0. The lowest BCUT2D eigenvalue weighted by Crippen LogP contribution is -2.36. The van der Waals surface area contributed by atoms with Gasteiger partial charge in [-0.05, 0) is 42.7 Å². The Balaban J connectivity index is 1.67. The number of nitrogens with one attached hydrogen (secondary N) is 2. The highest BCUT2D eigenvalue weighted by molar-refractivity contribution is 7.91. The number of hydrogen-bond donors (Lipinski definition) is 2. The molecule has 1 saturated heterocycles. The van der Waals surface area contributed by atoms with Gasteiger partial charge in [0.1, 0.15) is 5.69 Å². The molecule has 25 heavy (non-hydrogen) atoms. The van der Waals surface area contributed by atoms with E-state index < -0.39 is 9.84 Å². The third kappa shape index (κ3) is 4.57. The van der Waals surface area contributed by atoms with E-state index in [-0.39, 0.29) is 29.1 Å². The molecule has 1 unspecified atom stereocenters. The van der Waals surface area contributed by atoms with Gasteiger partial charge in [-0.2, -0.15) is 0 Å². The van der Waals surface area contributed by atoms with Crippen LogP contribution in [0.2, 0.25) is 0 Å². The van der Waals surface area contributed by atoms with Crippen LogP contribution in [0.4, 0.5) is 11.4 Å². The molecule has 1 aromatic heterocycles. The lowest BCUT2D eigenvalue weighted by molar-refractivity contribution is 0.0936. The highest BCUT2D eigenvalue weighted by Crippen LogP contribution is 2.18. The molecule has 1 fully saturated rings. The topological polar surface area (TPSA) is 88.2 Å². The molecule has 7 heteroatoms. The van der Waals surface area contributed by atoms with Crippen LogP contribution in [0.25, 0.3) is 0 Å². The van der Waals surface area contributed by atoms with Gasteiger partial charge < -0.3 is 10.6 Å². The van der Waals surface area contributed by atoms with Crippen LogP contribution in [0.5, 0.6) is 0 Å². The number of aryl methyl sites for hydroxylation is 1. The molecule has 2 aromatic rings. The number of amides is 1. The number of sulfone groups is 1. The van der Waals surface area contributed by atoms with Gasteiger partial charge in [0.2, 0.25) is 0 Å². The first-order chi connectivity index (χ1) is 11.9. The van der Waals surface area contributed by atoms with E-state index in [1.54, 1.807) is 18.3 Å². The van der Waals surface area contributed by atoms with E-state index in [4.69, 9.17) is 0 Å². The minimum atomic E-state index is -3.03. The number of carbonyl (C=O) groups excluding carboxylic acids is 1. The SMILES string of the molecule is CCc1ccc(Nc2ccnc(C(=O)NC3CCS(=O)(=O)C3)c2)cc1. The number of pyridine rings is 1. The van der Waals surface area contributed by atoms with Crippen molar-refractivity contribution in [2.75, 3.05) is 16.8 Å². The van der Waals surface area contributed by atoms with Crippen LogP contribution >= 0.6 is 0 Å². The van der Waals surface area contributed by atoms with Crippen molar-refractivity contribution in [3.05, 3.63) is 53.9 Å². The van der Waals surface area contributed by atoms with Crippen molar-refractivity contribution >= 4 is 27.1 Å². The summed E-state index contributed by atoms with van der Waals surface area (Å²) < 4.78 is 23.0. The fraction of sp³-hybridized carbons (Fsp3) is 0.333. The van der Waals surface area contributed by atoms with E-state index in [9.17, 15) is 13.2 Å². The lowest BCUT2D eigenvalue weighted by atomic mass is 10.1. The quantitative estimate of drug-likeness (QED) is 0.855. The Hall–Kier alpha value is -2.41. The Bertz CT molecular complexity index is 863. The molecule has 1 amide bonds. The van der Waals surface area contributed by atoms with Crippen LogP contribution in [0, 0.1) is 0 Å². The van der Waals surface area contributed by atoms with Gasteiger partial charge >= 0.3 is 0 Å². The predicted molar refractivity (Wildman–Crippen MR) is 97.9 cm³/mol. The van der Waals surface area contributed by atoms with Crippen molar-refractivity contribution in [1.82, 2.24) is 10.3 Å². The fourth-order valence-corrected chi connectivity index (χ4v) is 4.46. The first-order valence-corrected chi connectivity index (χ1v) is 10.1. The summed E-state index contributed by atoms with van der Waals surface area (Å²) in [6.45, 7) is 2.10. The van der Waals surface area contributed by atoms with Gasteiger partial charge in [-0.1, -0.05) is 19.1 Å². The van der Waals surface area contributed by atoms with Crippen molar-refractivity contribution in [2.24, 2.45) is 0 Å². The van der Waals surface area contributed by atoms with E-state index in [2.05, 4.69) is 34.7 Å². The lowest BCUT2D eigenvalue weighted by Gasteiger charge is -2.12. The molecular formula is C18H21N3O3S. The zero-order chi connectivity index (χ0) is 17.9. The molecule has 132 valence electrons. The van der Waals surface area contributed by atoms with Gasteiger partial charge in [0, 0.05) is 23.6 Å². The van der Waals surface area contributed by atoms with Crippen LogP contribution < -0.4 is 10.6 Å². The van der Waals surface area contributed by atoms with E-state index >= 15 is 0 Å². The number of carbonyl (C=O) groups is 1. The largest absolute Gasteiger partial charge is 0.355 e. The molecule has 3 rings (SSSR count). The smallest absolute Gasteiger partial charge is 0.270 e. The summed E-state index contributed by atoms with van der Waals surface area (Å²) in [4.78, 5) is 16.4. The molecule has 1 atom stereocenters. The summed E-state index contributed by atoms with van der Waals surface area (Å²) in [6, 6.07) is 11.2. The molecule has 0 aliphatic carbocycles. The van der Waals surface area contributed by atoms with Crippen LogP contribution in [0.15, 0.2) is 42.6 Å². The zero-order valence-electron chi connectivity index (χ0n) is 14.0. The van der Waals surface area contributed by atoms with Gasteiger partial charge in [0.05, 0.1) is 11.5 Å². The molecule has 2 heterocycles. The third-order valence-corrected chi connectivity index (χ3v) is 5.98. The standard InChI is InChI=1S/C18H21N3O3S/c1-2-13-3-5-14(6-4-13)20-15-7-9-19-17(11-15)18(22)21-16-8-10-25(23,24)12-16/h3-7,9,11,16H,2,8,10,12H2,1H3,(H,19,20)(H,21,22). The maximum absolute atomic E-state index is 12.3. The number of benzene rings is 1. The number of rotatable bonds is 5. The zero-order valence-corrected chi connectivity index (χ0v) is 14.8. The van der Waals surface area contributed by atoms with Gasteiger partial charge in [-0.15, -0.1) is 0 Å². The predicted octanol–water partition coefficient (Wildman–Crippen LogP) is 2.30. The van der Waals surface area contributed by atoms with E-state index in [0.29, 0.717) is 6.42 Å². The molecule has 6 nitrogen and oxygen atoms in total. The van der Waals surface area contributed by atoms with E-state index in [1.165, 1.54) is 5.56 Å². The molecule has 2 N–H and O–H groups in total. The molecule has 1 aliphatic heterocycles. The maximum Gasteiger partial charge on any atom is 0.270 e. The average Bonchev–Trinajstić information content (AvgIpc) is 2.94. The van der Waals surface area contributed by atoms with Crippen molar-refractivity contribution in [2.45, 2.75) is 25.8 Å². The van der Waals surface area contributed by atoms with Gasteiger partial charge in [-0.3, -0.25) is 9.78 Å². The normalized spacial score (nSPS) is 18.7. The second-order valence-corrected chi connectivity index (χ2v) is 8.41. The second-order valence-electron chi connectivity index (χ2n) is 6.18. The second kappa shape index (κ2) is 7.23. The van der Waals surface area contributed by atoms with Crippen molar-refractivity contribution < 1.29 is 13.2 Å². The van der Waals surface area contributed by atoms with E-state index in [0.717, 1.165) is 17.8 Å². The minimum absolute atomic E-state index is 0.000454. The fourth-order valence-electron chi connectivity index (χ4n) is 2.79. The number of hydrogen-bond acceptors (Lipinski definition) is 5. The number of aromatic nitrogens is 1. The molecular weight excluding hydrogens is 338 g/mol. The van der Waals surface area contributed by atoms with Crippen LogP contribution in [-0.4, -0.2) is 36.9 Å². The number of anilines is 2. The monoisotopic (exact) mass is 359 g/mol. The minimum Gasteiger partial charge on any atom is -0.355 e. The van der Waals surface area contributed by atoms with Crippen molar-refractivity contribution in [1.29, 1.82) is 0 Å². The first-order valence-electron chi connectivity index (χ1n) is 8.28. The molecule has 0 bridgehead atoms. The molecule has 0 radical (unpaired) electrons. The summed E-state index contributed by atoms with van der Waals surface area (Å²) in [5.74, 6) is -0.228. The Morgan fingerprint density at radius 3 is 2.60 bits per heavy atom. The summed E-state index contributed by atoms with van der Waals surface area (Å²) in [7, 11) is -3.03. The molecule has 1 aliphatic rings. The van der Waals surface area contributed by atoms with E-state index in [1.807, 2.05) is 12.1 Å². The van der Waals surface area contributed by atoms with Gasteiger partial charge in [-0.25, -0.2) is 8.42 Å². The molecule has 1 aromatic carbocycles. The Kier molecular flexibility index (Phi) is 5.03. The van der Waals surface area contributed by atoms with Crippen molar-refractivity contribution in [3.8, 4) is 0 Å². The molecule has 0 spiro atoms. The van der Waals surface area contributed by atoms with Crippen LogP contribution in [0.3, 0.4) is 0 Å². The summed E-state index contributed by atoms with van der Waals surface area (Å²) in [5, 5.41) is 5.99. The maximum atomic E-state index is 12.3. The van der Waals surface area contributed by atoms with Crippen LogP contribution in [0.1, 0.15) is 29.4 Å². The van der Waals surface area contributed by atoms with Gasteiger partial charge in [0.25, 0.3) is 5.91 Å². The van der Waals surface area contributed by atoms with Crippen LogP contribution in [-0.2, 0) is 16.3 Å². The third-order valence-electron chi connectivity index (χ3n) is 4.21. The van der Waals surface area contributed by atoms with Crippen molar-refractivity contribution in [3.63, 3.8) is 0 Å².